The monoisotopic (exact) mass is 430 g/mol. The fourth-order valence-corrected chi connectivity index (χ4v) is 4.64. The van der Waals surface area contributed by atoms with Gasteiger partial charge in [-0.3, -0.25) is 9.59 Å². The van der Waals surface area contributed by atoms with E-state index in [1.54, 1.807) is 0 Å². The predicted molar refractivity (Wildman–Crippen MR) is 121 cm³/mol. The summed E-state index contributed by atoms with van der Waals surface area (Å²) < 4.78 is 11.5. The highest BCUT2D eigenvalue weighted by Gasteiger charge is 2.33. The van der Waals surface area contributed by atoms with Crippen LogP contribution < -0.4 is 14.8 Å². The van der Waals surface area contributed by atoms with Crippen molar-refractivity contribution in [3.63, 3.8) is 0 Å². The minimum Gasteiger partial charge on any atom is -0.490 e. The summed E-state index contributed by atoms with van der Waals surface area (Å²) in [6.07, 6.45) is 6.06. The van der Waals surface area contributed by atoms with E-state index < -0.39 is 6.04 Å². The first kappa shape index (κ1) is 23.4. The average molecular weight is 431 g/mol. The Balaban J connectivity index is 1.72. The first-order valence-electron chi connectivity index (χ1n) is 11.9. The van der Waals surface area contributed by atoms with Crippen molar-refractivity contribution in [2.75, 3.05) is 19.8 Å². The van der Waals surface area contributed by atoms with Crippen LogP contribution in [0.2, 0.25) is 0 Å². The molecule has 1 heterocycles. The van der Waals surface area contributed by atoms with E-state index in [0.717, 1.165) is 49.2 Å². The molecule has 0 saturated heterocycles. The Morgan fingerprint density at radius 1 is 1.03 bits per heavy atom. The molecule has 172 valence electrons. The van der Waals surface area contributed by atoms with Gasteiger partial charge in [0.05, 0.1) is 13.2 Å². The molecule has 0 aromatic heterocycles. The second kappa shape index (κ2) is 10.9. The second-order valence-electron chi connectivity index (χ2n) is 9.01. The molecule has 0 spiro atoms. The minimum atomic E-state index is -0.481. The van der Waals surface area contributed by atoms with Crippen LogP contribution in [-0.4, -0.2) is 42.5 Å². The van der Waals surface area contributed by atoms with Gasteiger partial charge in [-0.25, -0.2) is 0 Å². The Morgan fingerprint density at radius 3 is 2.23 bits per heavy atom. The van der Waals surface area contributed by atoms with Crippen LogP contribution in [0.25, 0.3) is 0 Å². The van der Waals surface area contributed by atoms with Crippen molar-refractivity contribution in [1.29, 1.82) is 0 Å². The molecule has 3 rings (SSSR count). The van der Waals surface area contributed by atoms with Gasteiger partial charge in [-0.1, -0.05) is 33.1 Å². The summed E-state index contributed by atoms with van der Waals surface area (Å²) in [7, 11) is 0. The predicted octanol–water partition coefficient (Wildman–Crippen LogP) is 4.09. The fourth-order valence-electron chi connectivity index (χ4n) is 4.64. The molecule has 2 amide bonds. The Morgan fingerprint density at radius 2 is 1.65 bits per heavy atom. The Kier molecular flexibility index (Phi) is 8.22. The van der Waals surface area contributed by atoms with E-state index in [9.17, 15) is 9.59 Å². The quantitative estimate of drug-likeness (QED) is 0.675. The molecule has 0 unspecified atom stereocenters. The number of carbonyl (C=O) groups is 2. The third-order valence-corrected chi connectivity index (χ3v) is 6.40. The van der Waals surface area contributed by atoms with Gasteiger partial charge >= 0.3 is 0 Å². The molecule has 1 fully saturated rings. The summed E-state index contributed by atoms with van der Waals surface area (Å²) in [6.45, 7) is 10.2. The van der Waals surface area contributed by atoms with Crippen molar-refractivity contribution in [3.8, 4) is 11.5 Å². The van der Waals surface area contributed by atoms with Crippen molar-refractivity contribution in [1.82, 2.24) is 10.2 Å². The molecule has 1 aromatic rings. The molecule has 1 N–H and O–H groups in total. The third-order valence-electron chi connectivity index (χ3n) is 6.40. The number of hydrogen-bond donors (Lipinski definition) is 1. The molecule has 1 atom stereocenters. The van der Waals surface area contributed by atoms with Crippen LogP contribution in [0.15, 0.2) is 12.1 Å². The van der Waals surface area contributed by atoms with Gasteiger partial charge in [-0.05, 0) is 62.3 Å². The third kappa shape index (κ3) is 5.72. The highest BCUT2D eigenvalue weighted by molar-refractivity contribution is 5.89. The minimum absolute atomic E-state index is 0.0108. The molecular weight excluding hydrogens is 392 g/mol. The number of rotatable bonds is 8. The molecule has 6 heteroatoms. The lowest BCUT2D eigenvalue weighted by Crippen LogP contribution is -2.53. The molecule has 1 aromatic carbocycles. The Hall–Kier alpha value is -2.24. The number of ether oxygens (including phenoxy) is 2. The molecule has 0 radical (unpaired) electrons. The maximum Gasteiger partial charge on any atom is 0.245 e. The number of fused-ring (bicyclic) bond motifs is 1. The Bertz CT molecular complexity index is 771. The van der Waals surface area contributed by atoms with Crippen LogP contribution in [0.4, 0.5) is 0 Å². The number of nitrogens with one attached hydrogen (secondary N) is 1. The van der Waals surface area contributed by atoms with Crippen LogP contribution >= 0.6 is 0 Å². The van der Waals surface area contributed by atoms with Crippen molar-refractivity contribution in [2.24, 2.45) is 11.8 Å². The molecule has 6 nitrogen and oxygen atoms in total. The van der Waals surface area contributed by atoms with E-state index in [1.165, 1.54) is 12.0 Å². The summed E-state index contributed by atoms with van der Waals surface area (Å²) in [5, 5.41) is 3.09. The first-order valence-corrected chi connectivity index (χ1v) is 11.9. The van der Waals surface area contributed by atoms with E-state index in [2.05, 4.69) is 11.4 Å². The molecule has 0 bridgehead atoms. The van der Waals surface area contributed by atoms with Gasteiger partial charge < -0.3 is 19.7 Å². The first-order chi connectivity index (χ1) is 14.9. The molecule has 1 saturated carbocycles. The van der Waals surface area contributed by atoms with Crippen LogP contribution in [0.5, 0.6) is 11.5 Å². The topological polar surface area (TPSA) is 67.9 Å². The SMILES string of the molecule is CCOc1cc2c(cc1OCC)CN(C(=O)[C@@H](NC(=O)C1CCCCC1)C(C)C)CC2. The van der Waals surface area contributed by atoms with Gasteiger partial charge in [0.25, 0.3) is 0 Å². The smallest absolute Gasteiger partial charge is 0.245 e. The van der Waals surface area contributed by atoms with E-state index in [4.69, 9.17) is 9.47 Å². The molecule has 2 aliphatic rings. The zero-order chi connectivity index (χ0) is 22.4. The standard InChI is InChI=1S/C25H38N2O4/c1-5-30-21-14-19-12-13-27(16-20(19)15-22(21)31-6-2)25(29)23(17(3)4)26-24(28)18-10-8-7-9-11-18/h14-15,17-18,23H,5-13,16H2,1-4H3,(H,26,28)/t23-/m0/s1. The number of benzene rings is 1. The summed E-state index contributed by atoms with van der Waals surface area (Å²) in [4.78, 5) is 28.1. The van der Waals surface area contributed by atoms with E-state index >= 15 is 0 Å². The largest absolute Gasteiger partial charge is 0.490 e. The Labute approximate surface area is 186 Å². The summed E-state index contributed by atoms with van der Waals surface area (Å²) in [5.41, 5.74) is 2.29. The highest BCUT2D eigenvalue weighted by atomic mass is 16.5. The zero-order valence-corrected chi connectivity index (χ0v) is 19.5. The van der Waals surface area contributed by atoms with E-state index in [-0.39, 0.29) is 23.7 Å². The van der Waals surface area contributed by atoms with E-state index in [0.29, 0.717) is 26.3 Å². The lowest BCUT2D eigenvalue weighted by molar-refractivity contribution is -0.139. The number of nitrogens with zero attached hydrogens (tertiary/aromatic N) is 1. The van der Waals surface area contributed by atoms with Crippen molar-refractivity contribution in [2.45, 2.75) is 78.8 Å². The average Bonchev–Trinajstić information content (AvgIpc) is 2.77. The lowest BCUT2D eigenvalue weighted by Gasteiger charge is -2.34. The van der Waals surface area contributed by atoms with Gasteiger partial charge in [0, 0.05) is 19.0 Å². The van der Waals surface area contributed by atoms with Crippen molar-refractivity contribution >= 4 is 11.8 Å². The van der Waals surface area contributed by atoms with Crippen LogP contribution in [-0.2, 0) is 22.6 Å². The molecule has 1 aliphatic heterocycles. The van der Waals surface area contributed by atoms with Gasteiger partial charge in [0.1, 0.15) is 6.04 Å². The summed E-state index contributed by atoms with van der Waals surface area (Å²) in [5.74, 6) is 1.64. The van der Waals surface area contributed by atoms with Gasteiger partial charge in [-0.15, -0.1) is 0 Å². The number of hydrogen-bond acceptors (Lipinski definition) is 4. The normalized spacial score (nSPS) is 17.8. The molecule has 31 heavy (non-hydrogen) atoms. The maximum absolute atomic E-state index is 13.4. The zero-order valence-electron chi connectivity index (χ0n) is 19.5. The lowest BCUT2D eigenvalue weighted by atomic mass is 9.88. The van der Waals surface area contributed by atoms with Gasteiger partial charge in [0.15, 0.2) is 11.5 Å². The van der Waals surface area contributed by atoms with Crippen LogP contribution in [0.3, 0.4) is 0 Å². The highest BCUT2D eigenvalue weighted by Crippen LogP contribution is 2.34. The summed E-state index contributed by atoms with van der Waals surface area (Å²) >= 11 is 0. The van der Waals surface area contributed by atoms with Gasteiger partial charge in [0.2, 0.25) is 11.8 Å². The fraction of sp³-hybridized carbons (Fsp3) is 0.680. The van der Waals surface area contributed by atoms with Crippen LogP contribution in [0, 0.1) is 11.8 Å². The van der Waals surface area contributed by atoms with Crippen molar-refractivity contribution in [3.05, 3.63) is 23.3 Å². The van der Waals surface area contributed by atoms with Gasteiger partial charge in [-0.2, -0.15) is 0 Å². The van der Waals surface area contributed by atoms with E-state index in [1.807, 2.05) is 38.7 Å². The second-order valence-corrected chi connectivity index (χ2v) is 9.01. The maximum atomic E-state index is 13.4. The molecule has 1 aliphatic carbocycles. The van der Waals surface area contributed by atoms with Crippen molar-refractivity contribution < 1.29 is 19.1 Å². The summed E-state index contributed by atoms with van der Waals surface area (Å²) in [6, 6.07) is 3.58. The number of amides is 2. The molecular formula is C25H38N2O4. The van der Waals surface area contributed by atoms with Crippen LogP contribution in [0.1, 0.15) is 70.9 Å². The number of carbonyl (C=O) groups excluding carboxylic acids is 2.